The second-order valence-corrected chi connectivity index (χ2v) is 40.6. The van der Waals surface area contributed by atoms with E-state index in [4.69, 9.17) is 23.7 Å². The monoisotopic (exact) mass is 1870 g/mol. The molecule has 0 bridgehead atoms. The van der Waals surface area contributed by atoms with Gasteiger partial charge < -0.3 is 93.9 Å². The lowest BCUT2D eigenvalue weighted by atomic mass is 9.53. The van der Waals surface area contributed by atoms with E-state index in [1.54, 1.807) is 56.6 Å². The molecule has 6 aromatic rings. The summed E-state index contributed by atoms with van der Waals surface area (Å²) in [4.78, 5) is 114. The van der Waals surface area contributed by atoms with E-state index in [1.165, 1.54) is 91.2 Å². The molecule has 35 nitrogen and oxygen atoms in total. The predicted molar refractivity (Wildman–Crippen MR) is 498 cm³/mol. The van der Waals surface area contributed by atoms with Gasteiger partial charge in [-0.15, -0.1) is 15.3 Å². The lowest BCUT2D eigenvalue weighted by Crippen LogP contribution is -2.53. The molecule has 15 atom stereocenters. The Balaban J connectivity index is 0.610. The molecule has 7 amide bonds. The standard InChI is InChI=1S/C100H145N17O18/c1-10-108(44-49-131-5)89(122)61-109(39-12-42-116-59-86(103-106-116)99(129)36-30-83-80-21-15-68-55-71(119)18-24-74(68)77(80)27-33-96(83,99)3)90(123)64-113(47-52-134-8)94(127)66-114(48-53-135-9)92(125)62-110(40-13-43-117-60-87(104-107-117)100(130)37-31-84-81-22-16-69-56-72(120)19-25-75(69)78(81)28-34-97(84,100)4)91(124)65-112(46-51-133-7)93(126)63-111(45-50-132-6)88(121)57-101-38-11-41-115-58-85(102-105-115)98(128)35-29-82-79-20-14-67-54-70(118)17-23-73(67)76(79)26-32-95(82,98)2/h17-19,23-25,54-56,58-60,76-84,101,118-120,128-130H,10-16,20-22,26-53,57,61-66H2,1-9H3. The smallest absolute Gasteiger partial charge is 0.242 e. The van der Waals surface area contributed by atoms with Crippen molar-refractivity contribution in [3.05, 3.63) is 124 Å². The minimum atomic E-state index is -1.29. The number of rotatable bonds is 45. The maximum absolute atomic E-state index is 15.4. The van der Waals surface area contributed by atoms with Crippen LogP contribution in [-0.4, -0.2) is 325 Å². The number of aliphatic hydroxyl groups is 3. The number of aryl methyl sites for hydroxylation is 6. The molecule has 0 aliphatic heterocycles. The Labute approximate surface area is 792 Å². The first kappa shape index (κ1) is 99.9. The van der Waals surface area contributed by atoms with Crippen LogP contribution in [0.1, 0.15) is 211 Å². The molecule has 9 aliphatic carbocycles. The van der Waals surface area contributed by atoms with Crippen LogP contribution in [0.25, 0.3) is 0 Å². The van der Waals surface area contributed by atoms with Crippen molar-refractivity contribution in [2.24, 2.45) is 51.8 Å². The van der Waals surface area contributed by atoms with E-state index < -0.39 is 101 Å². The lowest BCUT2D eigenvalue weighted by Gasteiger charge is -2.52. The van der Waals surface area contributed by atoms with Crippen molar-refractivity contribution in [2.45, 2.75) is 217 Å². The van der Waals surface area contributed by atoms with Crippen molar-refractivity contribution < 1.29 is 87.9 Å². The minimum Gasteiger partial charge on any atom is -0.508 e. The number of ether oxygens (including phenoxy) is 5. The number of carbonyl (C=O) groups is 7. The van der Waals surface area contributed by atoms with Crippen LogP contribution in [0.3, 0.4) is 0 Å². The van der Waals surface area contributed by atoms with E-state index in [2.05, 4.69) is 75.2 Å². The molecule has 35 heteroatoms. The lowest BCUT2D eigenvalue weighted by molar-refractivity contribution is -0.149. The molecule has 3 aromatic heterocycles. The summed E-state index contributed by atoms with van der Waals surface area (Å²) in [6, 6.07) is 17.3. The molecule has 738 valence electrons. The zero-order valence-electron chi connectivity index (χ0n) is 80.7. The maximum Gasteiger partial charge on any atom is 0.242 e. The Hall–Kier alpha value is -9.59. The van der Waals surface area contributed by atoms with Gasteiger partial charge in [0.05, 0.1) is 97.4 Å². The van der Waals surface area contributed by atoms with Crippen molar-refractivity contribution in [2.75, 3.05) is 173 Å². The number of likely N-dealkylation sites (N-methyl/N-ethyl adjacent to an activating group) is 1. The number of aromatic hydroxyl groups is 3. The number of nitrogens with zero attached hydrogens (tertiary/aromatic N) is 16. The van der Waals surface area contributed by atoms with Gasteiger partial charge in [-0.3, -0.25) is 47.6 Å². The van der Waals surface area contributed by atoms with E-state index in [0.717, 1.165) is 96.3 Å². The quantitative estimate of drug-likeness (QED) is 0.0189. The van der Waals surface area contributed by atoms with Gasteiger partial charge in [-0.1, -0.05) is 54.6 Å². The number of phenolic OH excluding ortho intramolecular Hbond substituents is 3. The predicted octanol–water partition coefficient (Wildman–Crippen LogP) is 7.02. The van der Waals surface area contributed by atoms with Gasteiger partial charge in [0.1, 0.15) is 51.1 Å². The Kier molecular flexibility index (Phi) is 32.0. The summed E-state index contributed by atoms with van der Waals surface area (Å²) in [6.07, 6.45) is 21.3. The van der Waals surface area contributed by atoms with Crippen molar-refractivity contribution in [3.63, 3.8) is 0 Å². The van der Waals surface area contributed by atoms with Gasteiger partial charge in [-0.2, -0.15) is 0 Å². The Morgan fingerprint density at radius 1 is 0.378 bits per heavy atom. The van der Waals surface area contributed by atoms with Crippen LogP contribution < -0.4 is 5.32 Å². The molecule has 135 heavy (non-hydrogen) atoms. The summed E-state index contributed by atoms with van der Waals surface area (Å²) in [7, 11) is 7.40. The van der Waals surface area contributed by atoms with Crippen LogP contribution in [0.4, 0.5) is 0 Å². The molecule has 15 rings (SSSR count). The fourth-order valence-electron chi connectivity index (χ4n) is 26.1. The van der Waals surface area contributed by atoms with E-state index in [-0.39, 0.29) is 141 Å². The number of hydrogen-bond donors (Lipinski definition) is 7. The first-order valence-electron chi connectivity index (χ1n) is 49.4. The van der Waals surface area contributed by atoms with Crippen molar-refractivity contribution in [3.8, 4) is 17.2 Å². The van der Waals surface area contributed by atoms with Crippen molar-refractivity contribution >= 4 is 41.4 Å². The van der Waals surface area contributed by atoms with Gasteiger partial charge in [-0.25, -0.2) is 0 Å². The van der Waals surface area contributed by atoms with Gasteiger partial charge in [0.2, 0.25) is 41.4 Å². The molecule has 6 saturated carbocycles. The molecular weight excluding hydrogens is 1730 g/mol. The highest BCUT2D eigenvalue weighted by Crippen LogP contribution is 2.70. The molecule has 0 saturated heterocycles. The summed E-state index contributed by atoms with van der Waals surface area (Å²) in [5.41, 5.74) is 4.00. The largest absolute Gasteiger partial charge is 0.508 e. The Morgan fingerprint density at radius 3 is 0.963 bits per heavy atom. The topological polar surface area (TPSA) is 414 Å². The summed E-state index contributed by atoms with van der Waals surface area (Å²) < 4.78 is 32.4. The van der Waals surface area contributed by atoms with E-state index >= 15 is 19.2 Å². The number of aromatic nitrogens is 9. The Morgan fingerprint density at radius 2 is 0.659 bits per heavy atom. The zero-order chi connectivity index (χ0) is 95.7. The second-order valence-electron chi connectivity index (χ2n) is 40.6. The van der Waals surface area contributed by atoms with Gasteiger partial charge in [0.25, 0.3) is 0 Å². The Bertz CT molecular complexity index is 5130. The molecule has 3 heterocycles. The maximum atomic E-state index is 15.4. The highest BCUT2D eigenvalue weighted by molar-refractivity contribution is 5.93. The number of phenols is 3. The number of fused-ring (bicyclic) bond motifs is 15. The molecule has 15 unspecified atom stereocenters. The fourth-order valence-corrected chi connectivity index (χ4v) is 26.1. The van der Waals surface area contributed by atoms with Crippen LogP contribution >= 0.6 is 0 Å². The molecule has 3 aromatic carbocycles. The van der Waals surface area contributed by atoms with Crippen LogP contribution in [0.2, 0.25) is 0 Å². The average molecular weight is 1870 g/mol. The third-order valence-electron chi connectivity index (χ3n) is 33.8. The van der Waals surface area contributed by atoms with Crippen LogP contribution in [0, 0.1) is 51.8 Å². The summed E-state index contributed by atoms with van der Waals surface area (Å²) in [5, 5.41) is 100. The first-order valence-corrected chi connectivity index (χ1v) is 49.4. The number of methoxy groups -OCH3 is 5. The van der Waals surface area contributed by atoms with Gasteiger partial charge >= 0.3 is 0 Å². The highest BCUT2D eigenvalue weighted by atomic mass is 16.5. The number of amides is 7. The van der Waals surface area contributed by atoms with Crippen molar-refractivity contribution in [1.29, 1.82) is 0 Å². The number of hydrogen-bond acceptors (Lipinski definition) is 25. The van der Waals surface area contributed by atoms with Crippen LogP contribution in [0.15, 0.2) is 73.2 Å². The molecule has 9 aliphatic rings. The van der Waals surface area contributed by atoms with E-state index in [9.17, 15) is 45.0 Å². The normalized spacial score (nSPS) is 27.2. The van der Waals surface area contributed by atoms with Gasteiger partial charge in [-0.05, 0) is 271 Å². The van der Waals surface area contributed by atoms with E-state index in [0.29, 0.717) is 116 Å². The first-order chi connectivity index (χ1) is 64.9. The number of carbonyl (C=O) groups excluding carboxylic acids is 7. The van der Waals surface area contributed by atoms with Crippen LogP contribution in [-0.2, 0) is 113 Å². The van der Waals surface area contributed by atoms with Crippen molar-refractivity contribution in [1.82, 2.24) is 84.6 Å². The fraction of sp³-hybridized carbons (Fsp3) is 0.690. The minimum absolute atomic E-state index is 0.000466. The molecule has 0 spiro atoms. The molecule has 0 radical (unpaired) electrons. The SMILES string of the molecule is CCN(CCOC)C(=O)CN(CCCn1cc(C2(O)CCC3C4CCc5cc(O)ccc5C4CCC32C)nn1)C(=O)CN(CCOC)C(=O)CN(CCOC)C(=O)CN(CCCn1cc(C2(O)CCC3C4CCc5cc(O)ccc5C4CCC32C)nn1)C(=O)CN(CCOC)C(=O)CN(CCOC)C(=O)CNCCCn1cc(C2(O)CCC3C4CCc5cc(O)ccc5C4CCC32C)nn1. The van der Waals surface area contributed by atoms with Crippen LogP contribution in [0.5, 0.6) is 17.2 Å². The summed E-state index contributed by atoms with van der Waals surface area (Å²) in [5.74, 6) is -0.0531. The number of nitrogens with one attached hydrogen (secondary N) is 1. The molecule has 6 fully saturated rings. The average Bonchev–Trinajstić information content (AvgIpc) is 0.932. The van der Waals surface area contributed by atoms with Gasteiger partial charge in [0, 0.05) is 124 Å². The zero-order valence-corrected chi connectivity index (χ0v) is 80.7. The summed E-state index contributed by atoms with van der Waals surface area (Å²) in [6.45, 7) is 7.20. The number of benzene rings is 3. The highest BCUT2D eigenvalue weighted by Gasteiger charge is 2.67. The molecular formula is C100H145N17O18. The second kappa shape index (κ2) is 43.2. The van der Waals surface area contributed by atoms with E-state index in [1.807, 2.05) is 31.3 Å². The third kappa shape index (κ3) is 20.7. The van der Waals surface area contributed by atoms with Gasteiger partial charge in [0.15, 0.2) is 0 Å². The molecule has 7 N–H and O–H groups in total. The third-order valence-corrected chi connectivity index (χ3v) is 33.8. The summed E-state index contributed by atoms with van der Waals surface area (Å²) >= 11 is 0.